The van der Waals surface area contributed by atoms with E-state index in [0.717, 1.165) is 25.9 Å². The Morgan fingerprint density at radius 3 is 2.17 bits per heavy atom. The first-order valence-electron chi connectivity index (χ1n) is 5.87. The second-order valence-electron chi connectivity index (χ2n) is 4.42. The van der Waals surface area contributed by atoms with E-state index in [0.29, 0.717) is 6.54 Å². The van der Waals surface area contributed by atoms with Gasteiger partial charge in [-0.25, -0.2) is 17.6 Å². The normalized spacial score (nSPS) is 16.9. The lowest BCUT2D eigenvalue weighted by atomic mass is 9.98. The number of hydrogen-bond acceptors (Lipinski definition) is 2. The highest BCUT2D eigenvalue weighted by molar-refractivity contribution is 5.47. The molecule has 0 bridgehead atoms. The van der Waals surface area contributed by atoms with Crippen LogP contribution in [-0.4, -0.2) is 19.6 Å². The number of benzene rings is 1. The molecule has 0 spiro atoms. The lowest BCUT2D eigenvalue weighted by Gasteiger charge is -2.23. The largest absolute Gasteiger partial charge is 0.380 e. The van der Waals surface area contributed by atoms with Crippen molar-refractivity contribution >= 4 is 5.69 Å². The Hall–Kier alpha value is -1.30. The molecule has 1 aromatic carbocycles. The van der Waals surface area contributed by atoms with Gasteiger partial charge in [-0.05, 0) is 31.8 Å². The maximum atomic E-state index is 13.3. The third-order valence-corrected chi connectivity index (χ3v) is 3.14. The summed E-state index contributed by atoms with van der Waals surface area (Å²) >= 11 is 0. The van der Waals surface area contributed by atoms with Crippen molar-refractivity contribution in [3.63, 3.8) is 0 Å². The minimum Gasteiger partial charge on any atom is -0.380 e. The molecule has 100 valence electrons. The fourth-order valence-electron chi connectivity index (χ4n) is 2.06. The first-order valence-corrected chi connectivity index (χ1v) is 5.87. The van der Waals surface area contributed by atoms with Crippen LogP contribution in [0.4, 0.5) is 23.2 Å². The van der Waals surface area contributed by atoms with Gasteiger partial charge in [0.2, 0.25) is 0 Å². The summed E-state index contributed by atoms with van der Waals surface area (Å²) in [4.78, 5) is 0. The van der Waals surface area contributed by atoms with Crippen molar-refractivity contribution in [3.05, 3.63) is 29.3 Å². The molecule has 0 atom stereocenters. The van der Waals surface area contributed by atoms with Crippen molar-refractivity contribution < 1.29 is 17.6 Å². The van der Waals surface area contributed by atoms with Crippen molar-refractivity contribution in [1.29, 1.82) is 0 Å². The van der Waals surface area contributed by atoms with Gasteiger partial charge in [-0.1, -0.05) is 0 Å². The van der Waals surface area contributed by atoms with Crippen molar-refractivity contribution in [1.82, 2.24) is 5.32 Å². The van der Waals surface area contributed by atoms with Gasteiger partial charge in [-0.15, -0.1) is 0 Å². The summed E-state index contributed by atoms with van der Waals surface area (Å²) in [7, 11) is 0. The molecule has 0 saturated carbocycles. The van der Waals surface area contributed by atoms with E-state index in [1.807, 2.05) is 0 Å². The van der Waals surface area contributed by atoms with E-state index in [1.165, 1.54) is 0 Å². The number of halogens is 4. The minimum absolute atomic E-state index is 0.209. The molecule has 1 fully saturated rings. The molecular weight excluding hydrogens is 248 g/mol. The lowest BCUT2D eigenvalue weighted by molar-refractivity contribution is 0.387. The summed E-state index contributed by atoms with van der Waals surface area (Å²) in [5, 5.41) is 5.63. The van der Waals surface area contributed by atoms with Crippen LogP contribution >= 0.6 is 0 Å². The van der Waals surface area contributed by atoms with Gasteiger partial charge >= 0.3 is 0 Å². The molecule has 1 aliphatic rings. The van der Waals surface area contributed by atoms with Crippen LogP contribution in [-0.2, 0) is 0 Å². The number of piperidine rings is 1. The molecule has 0 radical (unpaired) electrons. The highest BCUT2D eigenvalue weighted by Crippen LogP contribution is 2.25. The van der Waals surface area contributed by atoms with Gasteiger partial charge in [-0.2, -0.15) is 0 Å². The van der Waals surface area contributed by atoms with E-state index in [1.54, 1.807) is 0 Å². The minimum atomic E-state index is -1.39. The van der Waals surface area contributed by atoms with Crippen molar-refractivity contribution in [2.24, 2.45) is 5.92 Å². The summed E-state index contributed by atoms with van der Waals surface area (Å²) < 4.78 is 52.6. The van der Waals surface area contributed by atoms with Gasteiger partial charge in [0.1, 0.15) is 5.69 Å². The average Bonchev–Trinajstić information content (AvgIpc) is 2.38. The maximum Gasteiger partial charge on any atom is 0.185 e. The van der Waals surface area contributed by atoms with Gasteiger partial charge in [-0.3, -0.25) is 0 Å². The number of rotatable bonds is 3. The summed E-state index contributed by atoms with van der Waals surface area (Å²) in [6.45, 7) is 1.99. The average molecular weight is 262 g/mol. The van der Waals surface area contributed by atoms with Crippen molar-refractivity contribution in [3.8, 4) is 0 Å². The Kier molecular flexibility index (Phi) is 4.06. The van der Waals surface area contributed by atoms with Crippen LogP contribution in [0.5, 0.6) is 0 Å². The topological polar surface area (TPSA) is 24.1 Å². The van der Waals surface area contributed by atoms with E-state index in [2.05, 4.69) is 10.6 Å². The Morgan fingerprint density at radius 1 is 1.06 bits per heavy atom. The first-order chi connectivity index (χ1) is 8.59. The van der Waals surface area contributed by atoms with Crippen LogP contribution in [0, 0.1) is 29.2 Å². The zero-order chi connectivity index (χ0) is 13.1. The van der Waals surface area contributed by atoms with E-state index in [-0.39, 0.29) is 12.0 Å². The standard InChI is InChI=1S/C12H14F4N2/c13-8-5-9(14)11(16)12(10(8)15)18-6-7-1-3-17-4-2-7/h5,7,17-18H,1-4,6H2. The van der Waals surface area contributed by atoms with Crippen LogP contribution in [0.2, 0.25) is 0 Å². The lowest BCUT2D eigenvalue weighted by Crippen LogP contribution is -2.31. The predicted molar refractivity (Wildman–Crippen MR) is 60.4 cm³/mol. The second kappa shape index (κ2) is 5.56. The number of nitrogens with one attached hydrogen (secondary N) is 2. The molecule has 0 aromatic heterocycles. The zero-order valence-electron chi connectivity index (χ0n) is 9.70. The van der Waals surface area contributed by atoms with Crippen LogP contribution in [0.1, 0.15) is 12.8 Å². The summed E-state index contributed by atoms with van der Waals surface area (Å²) in [5.41, 5.74) is -0.717. The zero-order valence-corrected chi connectivity index (χ0v) is 9.70. The van der Waals surface area contributed by atoms with Crippen LogP contribution in [0.25, 0.3) is 0 Å². The second-order valence-corrected chi connectivity index (χ2v) is 4.42. The van der Waals surface area contributed by atoms with E-state index in [9.17, 15) is 17.6 Å². The first kappa shape index (κ1) is 13.1. The molecule has 1 heterocycles. The van der Waals surface area contributed by atoms with E-state index < -0.39 is 29.0 Å². The highest BCUT2D eigenvalue weighted by atomic mass is 19.2. The monoisotopic (exact) mass is 262 g/mol. The molecular formula is C12H14F4N2. The number of anilines is 1. The van der Waals surface area contributed by atoms with Crippen LogP contribution in [0.15, 0.2) is 6.07 Å². The summed E-state index contributed by atoms with van der Waals surface area (Å²) in [6.07, 6.45) is 1.74. The number of hydrogen-bond donors (Lipinski definition) is 2. The Labute approximate surface area is 102 Å². The van der Waals surface area contributed by atoms with Crippen molar-refractivity contribution in [2.45, 2.75) is 12.8 Å². The molecule has 1 aliphatic heterocycles. The molecule has 2 N–H and O–H groups in total. The SMILES string of the molecule is Fc1cc(F)c(F)c(NCC2CCNCC2)c1F. The summed E-state index contributed by atoms with van der Waals surface area (Å²) in [5.74, 6) is -5.27. The fourth-order valence-corrected chi connectivity index (χ4v) is 2.06. The van der Waals surface area contributed by atoms with E-state index in [4.69, 9.17) is 0 Å². The van der Waals surface area contributed by atoms with Gasteiger partial charge in [0.15, 0.2) is 23.3 Å². The molecule has 6 heteroatoms. The third kappa shape index (κ3) is 2.75. The summed E-state index contributed by atoms with van der Waals surface area (Å²) in [6, 6.07) is 0.209. The Bertz CT molecular complexity index is 404. The quantitative estimate of drug-likeness (QED) is 0.646. The predicted octanol–water partition coefficient (Wildman–Crippen LogP) is 2.65. The Morgan fingerprint density at radius 2 is 1.61 bits per heavy atom. The smallest absolute Gasteiger partial charge is 0.185 e. The molecule has 0 amide bonds. The highest BCUT2D eigenvalue weighted by Gasteiger charge is 2.20. The van der Waals surface area contributed by atoms with Crippen molar-refractivity contribution in [2.75, 3.05) is 25.0 Å². The molecule has 0 aliphatic carbocycles. The molecule has 1 aromatic rings. The van der Waals surface area contributed by atoms with Gasteiger partial charge < -0.3 is 10.6 Å². The Balaban J connectivity index is 2.08. The van der Waals surface area contributed by atoms with Crippen LogP contribution in [0.3, 0.4) is 0 Å². The van der Waals surface area contributed by atoms with Crippen LogP contribution < -0.4 is 10.6 Å². The molecule has 2 rings (SSSR count). The van der Waals surface area contributed by atoms with Gasteiger partial charge in [0.05, 0.1) is 0 Å². The maximum absolute atomic E-state index is 13.3. The third-order valence-electron chi connectivity index (χ3n) is 3.14. The van der Waals surface area contributed by atoms with Gasteiger partial charge in [0.25, 0.3) is 0 Å². The molecule has 0 unspecified atom stereocenters. The molecule has 18 heavy (non-hydrogen) atoms. The molecule has 1 saturated heterocycles. The van der Waals surface area contributed by atoms with E-state index >= 15 is 0 Å². The van der Waals surface area contributed by atoms with Gasteiger partial charge in [0, 0.05) is 12.6 Å². The fraction of sp³-hybridized carbons (Fsp3) is 0.500. The molecule has 2 nitrogen and oxygen atoms in total.